The molecule has 1 fully saturated rings. The Morgan fingerprint density at radius 1 is 0.968 bits per heavy atom. The summed E-state index contributed by atoms with van der Waals surface area (Å²) in [5.41, 5.74) is 2.67. The second kappa shape index (κ2) is 8.92. The van der Waals surface area contributed by atoms with Gasteiger partial charge in [0.05, 0.1) is 24.7 Å². The number of benzene rings is 1. The van der Waals surface area contributed by atoms with E-state index in [9.17, 15) is 13.2 Å². The number of hydrogen-bond donors (Lipinski definition) is 0. The number of sulfonamides is 1. The molecule has 0 atom stereocenters. The SMILES string of the molecule is COc1ccc(S(=O)(=O)N2CCN(C(=O)c3cc(C)n(C(C)C)c3C)CC2)cc1OC. The summed E-state index contributed by atoms with van der Waals surface area (Å²) in [4.78, 5) is 15.0. The van der Waals surface area contributed by atoms with E-state index in [1.807, 2.05) is 19.9 Å². The normalized spacial score (nSPS) is 15.4. The van der Waals surface area contributed by atoms with Crippen molar-refractivity contribution in [3.8, 4) is 11.5 Å². The largest absolute Gasteiger partial charge is 0.493 e. The number of carbonyl (C=O) groups excluding carboxylic acids is 1. The van der Waals surface area contributed by atoms with Crippen LogP contribution >= 0.6 is 0 Å². The molecule has 0 N–H and O–H groups in total. The molecule has 0 aliphatic carbocycles. The number of piperazine rings is 1. The molecule has 0 spiro atoms. The van der Waals surface area contributed by atoms with Gasteiger partial charge in [-0.15, -0.1) is 0 Å². The number of aromatic nitrogens is 1. The lowest BCUT2D eigenvalue weighted by Crippen LogP contribution is -2.50. The number of hydrogen-bond acceptors (Lipinski definition) is 5. The molecule has 1 aliphatic heterocycles. The summed E-state index contributed by atoms with van der Waals surface area (Å²) in [6.07, 6.45) is 0. The fourth-order valence-corrected chi connectivity index (χ4v) is 5.65. The van der Waals surface area contributed by atoms with Gasteiger partial charge in [0.15, 0.2) is 11.5 Å². The van der Waals surface area contributed by atoms with Crippen LogP contribution in [0.25, 0.3) is 0 Å². The second-order valence-electron chi connectivity index (χ2n) is 7.96. The van der Waals surface area contributed by atoms with Gasteiger partial charge in [-0.25, -0.2) is 8.42 Å². The van der Waals surface area contributed by atoms with Crippen LogP contribution in [0.2, 0.25) is 0 Å². The lowest BCUT2D eigenvalue weighted by molar-refractivity contribution is 0.0697. The van der Waals surface area contributed by atoms with Gasteiger partial charge < -0.3 is 18.9 Å². The highest BCUT2D eigenvalue weighted by molar-refractivity contribution is 7.89. The molecule has 170 valence electrons. The Bertz CT molecular complexity index is 1070. The number of methoxy groups -OCH3 is 2. The summed E-state index contributed by atoms with van der Waals surface area (Å²) in [5.74, 6) is 0.775. The first-order valence-corrected chi connectivity index (χ1v) is 11.8. The first-order chi connectivity index (χ1) is 14.6. The monoisotopic (exact) mass is 449 g/mol. The van der Waals surface area contributed by atoms with E-state index in [0.717, 1.165) is 11.4 Å². The molecule has 31 heavy (non-hydrogen) atoms. The van der Waals surface area contributed by atoms with Gasteiger partial charge in [0.1, 0.15) is 0 Å². The molecule has 0 unspecified atom stereocenters. The summed E-state index contributed by atoms with van der Waals surface area (Å²) >= 11 is 0. The van der Waals surface area contributed by atoms with E-state index >= 15 is 0 Å². The number of rotatable bonds is 6. The highest BCUT2D eigenvalue weighted by Gasteiger charge is 2.32. The predicted octanol–water partition coefficient (Wildman–Crippen LogP) is 2.85. The number of aryl methyl sites for hydroxylation is 1. The van der Waals surface area contributed by atoms with Crippen molar-refractivity contribution in [1.29, 1.82) is 0 Å². The van der Waals surface area contributed by atoms with Gasteiger partial charge in [-0.1, -0.05) is 0 Å². The summed E-state index contributed by atoms with van der Waals surface area (Å²) in [7, 11) is -0.732. The molecule has 8 nitrogen and oxygen atoms in total. The Morgan fingerprint density at radius 2 is 1.58 bits per heavy atom. The quantitative estimate of drug-likeness (QED) is 0.677. The lowest BCUT2D eigenvalue weighted by atomic mass is 10.2. The van der Waals surface area contributed by atoms with Crippen molar-refractivity contribution in [3.05, 3.63) is 41.2 Å². The average Bonchev–Trinajstić information content (AvgIpc) is 3.06. The molecule has 1 amide bonds. The molecule has 2 aromatic rings. The van der Waals surface area contributed by atoms with Crippen molar-refractivity contribution in [2.45, 2.75) is 38.6 Å². The van der Waals surface area contributed by atoms with Crippen molar-refractivity contribution < 1.29 is 22.7 Å². The van der Waals surface area contributed by atoms with Crippen LogP contribution in [0.3, 0.4) is 0 Å². The van der Waals surface area contributed by atoms with Crippen molar-refractivity contribution in [2.75, 3.05) is 40.4 Å². The van der Waals surface area contributed by atoms with E-state index in [1.54, 1.807) is 11.0 Å². The molecule has 1 aliphatic rings. The molecule has 3 rings (SSSR count). The molecule has 0 bridgehead atoms. The van der Waals surface area contributed by atoms with Gasteiger partial charge in [0.25, 0.3) is 5.91 Å². The number of carbonyl (C=O) groups is 1. The number of nitrogens with zero attached hydrogens (tertiary/aromatic N) is 3. The fraction of sp³-hybridized carbons (Fsp3) is 0.500. The van der Waals surface area contributed by atoms with E-state index in [1.165, 1.54) is 30.7 Å². The topological polar surface area (TPSA) is 81.1 Å². The first kappa shape index (κ1) is 23.1. The molecule has 1 aromatic heterocycles. The van der Waals surface area contributed by atoms with Gasteiger partial charge in [0.2, 0.25) is 10.0 Å². The van der Waals surface area contributed by atoms with Gasteiger partial charge in [-0.05, 0) is 45.9 Å². The van der Waals surface area contributed by atoms with E-state index < -0.39 is 10.0 Å². The van der Waals surface area contributed by atoms with Crippen molar-refractivity contribution in [1.82, 2.24) is 13.8 Å². The smallest absolute Gasteiger partial charge is 0.255 e. The summed E-state index contributed by atoms with van der Waals surface area (Å²) < 4.78 is 40.2. The third-order valence-electron chi connectivity index (χ3n) is 5.75. The molecule has 9 heteroatoms. The summed E-state index contributed by atoms with van der Waals surface area (Å²) in [6.45, 7) is 9.30. The van der Waals surface area contributed by atoms with Crippen LogP contribution in [-0.2, 0) is 10.0 Å². The highest BCUT2D eigenvalue weighted by Crippen LogP contribution is 2.31. The van der Waals surface area contributed by atoms with Crippen molar-refractivity contribution in [2.24, 2.45) is 0 Å². The zero-order chi connectivity index (χ0) is 22.9. The molecular formula is C22H31N3O5S. The maximum absolute atomic E-state index is 13.1. The maximum atomic E-state index is 13.1. The summed E-state index contributed by atoms with van der Waals surface area (Å²) in [5, 5.41) is 0. The predicted molar refractivity (Wildman–Crippen MR) is 118 cm³/mol. The van der Waals surface area contributed by atoms with E-state index in [4.69, 9.17) is 9.47 Å². The van der Waals surface area contributed by atoms with E-state index in [2.05, 4.69) is 18.4 Å². The van der Waals surface area contributed by atoms with Crippen LogP contribution in [0.4, 0.5) is 0 Å². The molecule has 1 aromatic carbocycles. The Hall–Kier alpha value is -2.52. The van der Waals surface area contributed by atoms with Crippen LogP contribution in [0.5, 0.6) is 11.5 Å². The van der Waals surface area contributed by atoms with E-state index in [-0.39, 0.29) is 29.9 Å². The lowest BCUT2D eigenvalue weighted by Gasteiger charge is -2.34. The van der Waals surface area contributed by atoms with Crippen molar-refractivity contribution >= 4 is 15.9 Å². The van der Waals surface area contributed by atoms with Gasteiger partial charge >= 0.3 is 0 Å². The van der Waals surface area contributed by atoms with Gasteiger partial charge in [-0.3, -0.25) is 4.79 Å². The first-order valence-electron chi connectivity index (χ1n) is 10.3. The zero-order valence-electron chi connectivity index (χ0n) is 19.0. The van der Waals surface area contributed by atoms with Crippen LogP contribution in [-0.4, -0.2) is 68.5 Å². The average molecular weight is 450 g/mol. The number of ether oxygens (including phenoxy) is 2. The van der Waals surface area contributed by atoms with Gasteiger partial charge in [0, 0.05) is 49.7 Å². The minimum absolute atomic E-state index is 0.0526. The van der Waals surface area contributed by atoms with Crippen LogP contribution in [0.1, 0.15) is 41.6 Å². The maximum Gasteiger partial charge on any atom is 0.255 e. The Kier molecular flexibility index (Phi) is 6.66. The summed E-state index contributed by atoms with van der Waals surface area (Å²) in [6, 6.07) is 6.74. The Morgan fingerprint density at radius 3 is 2.10 bits per heavy atom. The third-order valence-corrected chi connectivity index (χ3v) is 7.64. The Labute approximate surface area is 184 Å². The molecular weight excluding hydrogens is 418 g/mol. The minimum atomic E-state index is -3.70. The molecule has 2 heterocycles. The molecule has 1 saturated heterocycles. The van der Waals surface area contributed by atoms with Crippen LogP contribution < -0.4 is 9.47 Å². The fourth-order valence-electron chi connectivity index (χ4n) is 4.22. The molecule has 0 saturated carbocycles. The molecule has 0 radical (unpaired) electrons. The standard InChI is InChI=1S/C22H31N3O5S/c1-15(2)25-16(3)13-19(17(25)4)22(26)23-9-11-24(12-10-23)31(27,28)18-7-8-20(29-5)21(14-18)30-6/h7-8,13-15H,9-12H2,1-6H3. The minimum Gasteiger partial charge on any atom is -0.493 e. The van der Waals surface area contributed by atoms with Gasteiger partial charge in [-0.2, -0.15) is 4.31 Å². The van der Waals surface area contributed by atoms with Crippen LogP contribution in [0, 0.1) is 13.8 Å². The van der Waals surface area contributed by atoms with E-state index in [0.29, 0.717) is 30.2 Å². The Balaban J connectivity index is 1.75. The zero-order valence-corrected chi connectivity index (χ0v) is 19.8. The number of amides is 1. The highest BCUT2D eigenvalue weighted by atomic mass is 32.2. The third kappa shape index (κ3) is 4.29. The van der Waals surface area contributed by atoms with Crippen molar-refractivity contribution in [3.63, 3.8) is 0 Å². The second-order valence-corrected chi connectivity index (χ2v) is 9.90. The van der Waals surface area contributed by atoms with Crippen LogP contribution in [0.15, 0.2) is 29.2 Å².